The van der Waals surface area contributed by atoms with Gasteiger partial charge in [0.25, 0.3) is 0 Å². The van der Waals surface area contributed by atoms with Gasteiger partial charge in [0.2, 0.25) is 0 Å². The first-order valence-electron chi connectivity index (χ1n) is 6.00. The van der Waals surface area contributed by atoms with Crippen LogP contribution < -0.4 is 5.32 Å². The maximum atomic E-state index is 5.02. The van der Waals surface area contributed by atoms with E-state index in [4.69, 9.17) is 4.74 Å². The molecular formula is C13H19N3OS. The highest BCUT2D eigenvalue weighted by atomic mass is 32.1. The molecule has 2 aromatic rings. The zero-order valence-electron chi connectivity index (χ0n) is 11.1. The summed E-state index contributed by atoms with van der Waals surface area (Å²) in [6, 6.07) is 2.24. The molecule has 5 heteroatoms. The van der Waals surface area contributed by atoms with Gasteiger partial charge in [-0.1, -0.05) is 0 Å². The Morgan fingerprint density at radius 3 is 2.94 bits per heavy atom. The molecule has 0 unspecified atom stereocenters. The van der Waals surface area contributed by atoms with Crippen LogP contribution in [0.4, 0.5) is 5.69 Å². The van der Waals surface area contributed by atoms with E-state index >= 15 is 0 Å². The summed E-state index contributed by atoms with van der Waals surface area (Å²) in [5.41, 5.74) is 2.41. The molecule has 2 aromatic heterocycles. The normalized spacial score (nSPS) is 10.8. The van der Waals surface area contributed by atoms with Gasteiger partial charge in [-0.15, -0.1) is 11.3 Å². The fourth-order valence-electron chi connectivity index (χ4n) is 1.82. The molecule has 0 spiro atoms. The molecular weight excluding hydrogens is 246 g/mol. The Balaban J connectivity index is 1.90. The fourth-order valence-corrected chi connectivity index (χ4v) is 2.76. The van der Waals surface area contributed by atoms with E-state index in [2.05, 4.69) is 30.3 Å². The number of hydrogen-bond acceptors (Lipinski definition) is 4. The minimum atomic E-state index is 0.684. The highest BCUT2D eigenvalue weighted by Gasteiger charge is 2.03. The number of methoxy groups -OCH3 is 1. The fraction of sp³-hybridized carbons (Fsp3) is 0.462. The summed E-state index contributed by atoms with van der Waals surface area (Å²) >= 11 is 1.84. The highest BCUT2D eigenvalue weighted by molar-refractivity contribution is 7.12. The van der Waals surface area contributed by atoms with E-state index in [-0.39, 0.29) is 0 Å². The number of nitrogens with one attached hydrogen (secondary N) is 1. The van der Waals surface area contributed by atoms with Crippen molar-refractivity contribution in [3.8, 4) is 0 Å². The number of rotatable bonds is 6. The van der Waals surface area contributed by atoms with Crippen LogP contribution in [0.15, 0.2) is 18.5 Å². The van der Waals surface area contributed by atoms with Crippen molar-refractivity contribution in [2.24, 2.45) is 0 Å². The maximum absolute atomic E-state index is 5.02. The number of anilines is 1. The third-order valence-electron chi connectivity index (χ3n) is 2.78. The Morgan fingerprint density at radius 2 is 2.28 bits per heavy atom. The number of ether oxygens (including phenoxy) is 1. The summed E-state index contributed by atoms with van der Waals surface area (Å²) in [6.07, 6.45) is 3.86. The van der Waals surface area contributed by atoms with Gasteiger partial charge in [0.05, 0.1) is 25.0 Å². The summed E-state index contributed by atoms with van der Waals surface area (Å²) in [5, 5.41) is 7.66. The van der Waals surface area contributed by atoms with E-state index in [9.17, 15) is 0 Å². The minimum Gasteiger partial charge on any atom is -0.383 e. The first-order valence-corrected chi connectivity index (χ1v) is 6.82. The zero-order chi connectivity index (χ0) is 13.0. The number of aromatic nitrogens is 2. The molecule has 0 atom stereocenters. The smallest absolute Gasteiger partial charge is 0.0729 e. The molecule has 0 aliphatic rings. The molecule has 1 N–H and O–H groups in total. The third kappa shape index (κ3) is 3.34. The lowest BCUT2D eigenvalue weighted by atomic mass is 10.2. The second kappa shape index (κ2) is 6.02. The highest BCUT2D eigenvalue weighted by Crippen LogP contribution is 2.21. The predicted molar refractivity (Wildman–Crippen MR) is 75.2 cm³/mol. The van der Waals surface area contributed by atoms with E-state index in [0.29, 0.717) is 6.61 Å². The van der Waals surface area contributed by atoms with Crippen LogP contribution in [0.3, 0.4) is 0 Å². The van der Waals surface area contributed by atoms with E-state index in [0.717, 1.165) is 18.8 Å². The molecule has 0 amide bonds. The summed E-state index contributed by atoms with van der Waals surface area (Å²) in [6.45, 7) is 6.63. The molecule has 0 fully saturated rings. The lowest BCUT2D eigenvalue weighted by molar-refractivity contribution is 0.183. The van der Waals surface area contributed by atoms with Gasteiger partial charge in [0.1, 0.15) is 0 Å². The van der Waals surface area contributed by atoms with Crippen LogP contribution >= 0.6 is 11.3 Å². The maximum Gasteiger partial charge on any atom is 0.0729 e. The largest absolute Gasteiger partial charge is 0.383 e. The molecule has 0 aliphatic carbocycles. The first kappa shape index (κ1) is 13.1. The number of aryl methyl sites for hydroxylation is 2. The molecule has 2 heterocycles. The Morgan fingerprint density at radius 1 is 1.44 bits per heavy atom. The van der Waals surface area contributed by atoms with Crippen molar-refractivity contribution in [1.82, 2.24) is 9.78 Å². The summed E-state index contributed by atoms with van der Waals surface area (Å²) < 4.78 is 6.91. The van der Waals surface area contributed by atoms with Crippen LogP contribution in [0.1, 0.15) is 15.3 Å². The summed E-state index contributed by atoms with van der Waals surface area (Å²) in [4.78, 5) is 2.74. The van der Waals surface area contributed by atoms with Crippen molar-refractivity contribution in [2.75, 3.05) is 19.0 Å². The van der Waals surface area contributed by atoms with Crippen LogP contribution in [0, 0.1) is 13.8 Å². The number of hydrogen-bond donors (Lipinski definition) is 1. The van der Waals surface area contributed by atoms with Crippen molar-refractivity contribution in [2.45, 2.75) is 26.9 Å². The Kier molecular flexibility index (Phi) is 4.38. The van der Waals surface area contributed by atoms with Gasteiger partial charge >= 0.3 is 0 Å². The van der Waals surface area contributed by atoms with E-state index in [1.165, 1.54) is 15.3 Å². The van der Waals surface area contributed by atoms with Crippen molar-refractivity contribution < 1.29 is 4.74 Å². The van der Waals surface area contributed by atoms with E-state index < -0.39 is 0 Å². The Hall–Kier alpha value is -1.33. The van der Waals surface area contributed by atoms with Crippen LogP contribution in [0.2, 0.25) is 0 Å². The van der Waals surface area contributed by atoms with Gasteiger partial charge in [-0.05, 0) is 25.5 Å². The lowest BCUT2D eigenvalue weighted by Gasteiger charge is -2.02. The molecule has 0 saturated heterocycles. The van der Waals surface area contributed by atoms with Gasteiger partial charge in [0, 0.05) is 29.6 Å². The molecule has 4 nitrogen and oxygen atoms in total. The summed E-state index contributed by atoms with van der Waals surface area (Å²) in [7, 11) is 1.70. The number of thiophene rings is 1. The molecule has 18 heavy (non-hydrogen) atoms. The van der Waals surface area contributed by atoms with Crippen LogP contribution in [-0.2, 0) is 17.8 Å². The quantitative estimate of drug-likeness (QED) is 0.873. The van der Waals surface area contributed by atoms with Gasteiger partial charge < -0.3 is 10.1 Å². The molecule has 98 valence electrons. The van der Waals surface area contributed by atoms with Crippen LogP contribution in [0.25, 0.3) is 0 Å². The van der Waals surface area contributed by atoms with E-state index in [1.54, 1.807) is 7.11 Å². The van der Waals surface area contributed by atoms with Gasteiger partial charge in [-0.3, -0.25) is 4.68 Å². The zero-order valence-corrected chi connectivity index (χ0v) is 11.9. The molecule has 0 aromatic carbocycles. The average molecular weight is 265 g/mol. The first-order chi connectivity index (χ1) is 8.69. The Bertz CT molecular complexity index is 504. The third-order valence-corrected chi connectivity index (χ3v) is 3.79. The molecule has 0 saturated carbocycles. The average Bonchev–Trinajstić information content (AvgIpc) is 2.91. The lowest BCUT2D eigenvalue weighted by Crippen LogP contribution is -2.04. The van der Waals surface area contributed by atoms with Crippen molar-refractivity contribution in [1.29, 1.82) is 0 Å². The van der Waals surface area contributed by atoms with Crippen molar-refractivity contribution in [3.05, 3.63) is 33.8 Å². The molecule has 0 aliphatic heterocycles. The molecule has 0 bridgehead atoms. The Labute approximate surface area is 112 Å². The molecule has 2 rings (SSSR count). The SMILES string of the molecule is COCCn1cc(NCc2cc(C)sc2C)cn1. The standard InChI is InChI=1S/C13H19N3OS/c1-10-6-12(11(2)18-10)7-14-13-8-15-16(9-13)4-5-17-3/h6,8-9,14H,4-5,7H2,1-3H3. The van der Waals surface area contributed by atoms with Gasteiger partial charge in [-0.25, -0.2) is 0 Å². The van der Waals surface area contributed by atoms with Gasteiger partial charge in [0.15, 0.2) is 0 Å². The van der Waals surface area contributed by atoms with Crippen LogP contribution in [0.5, 0.6) is 0 Å². The summed E-state index contributed by atoms with van der Waals surface area (Å²) in [5.74, 6) is 0. The second-order valence-corrected chi connectivity index (χ2v) is 5.74. The monoisotopic (exact) mass is 265 g/mol. The van der Waals surface area contributed by atoms with E-state index in [1.807, 2.05) is 28.4 Å². The van der Waals surface area contributed by atoms with Crippen molar-refractivity contribution >= 4 is 17.0 Å². The number of nitrogens with zero attached hydrogens (tertiary/aromatic N) is 2. The minimum absolute atomic E-state index is 0.684. The van der Waals surface area contributed by atoms with Gasteiger partial charge in [-0.2, -0.15) is 5.10 Å². The predicted octanol–water partition coefficient (Wildman–Crippen LogP) is 2.82. The molecule has 0 radical (unpaired) electrons. The second-order valence-electron chi connectivity index (χ2n) is 4.28. The van der Waals surface area contributed by atoms with Crippen LogP contribution in [-0.4, -0.2) is 23.5 Å². The topological polar surface area (TPSA) is 39.1 Å². The van der Waals surface area contributed by atoms with Crippen molar-refractivity contribution in [3.63, 3.8) is 0 Å².